The highest BCUT2D eigenvalue weighted by Crippen LogP contribution is 2.46. The van der Waals surface area contributed by atoms with Crippen LogP contribution in [0.25, 0.3) is 28.3 Å². The third kappa shape index (κ3) is 4.05. The second-order valence-electron chi connectivity index (χ2n) is 11.5. The Morgan fingerprint density at radius 1 is 0.634 bits per heavy atom. The van der Waals surface area contributed by atoms with Crippen molar-refractivity contribution in [1.82, 2.24) is 0 Å². The van der Waals surface area contributed by atoms with Gasteiger partial charge < -0.3 is 0 Å². The van der Waals surface area contributed by atoms with Gasteiger partial charge in [-0.1, -0.05) is 123 Å². The van der Waals surface area contributed by atoms with Gasteiger partial charge in [-0.2, -0.15) is 0 Å². The summed E-state index contributed by atoms with van der Waals surface area (Å²) < 4.78 is 0. The Bertz CT molecular complexity index is 1910. The number of hydrogen-bond donors (Lipinski definition) is 0. The first-order valence-corrected chi connectivity index (χ1v) is 15.0. The number of fused-ring (bicyclic) bond motifs is 4. The normalized spacial score (nSPS) is 14.9. The summed E-state index contributed by atoms with van der Waals surface area (Å²) in [6, 6.07) is 40.6. The molecule has 0 spiro atoms. The zero-order valence-corrected chi connectivity index (χ0v) is 24.5. The molecule has 0 heteroatoms. The molecule has 0 saturated heterocycles. The molecule has 0 aliphatic heterocycles. The molecule has 1 unspecified atom stereocenters. The van der Waals surface area contributed by atoms with Crippen LogP contribution in [0, 0.1) is 0 Å². The molecule has 200 valence electrons. The zero-order valence-electron chi connectivity index (χ0n) is 24.5. The molecule has 41 heavy (non-hydrogen) atoms. The van der Waals surface area contributed by atoms with Gasteiger partial charge in [0.2, 0.25) is 0 Å². The van der Waals surface area contributed by atoms with Crippen molar-refractivity contribution in [2.45, 2.75) is 46.5 Å². The predicted molar refractivity (Wildman–Crippen MR) is 174 cm³/mol. The van der Waals surface area contributed by atoms with E-state index >= 15 is 0 Å². The summed E-state index contributed by atoms with van der Waals surface area (Å²) in [4.78, 5) is 0. The van der Waals surface area contributed by atoms with Gasteiger partial charge in [0.15, 0.2) is 0 Å². The minimum atomic E-state index is 0.249. The van der Waals surface area contributed by atoms with Crippen LogP contribution in [0.3, 0.4) is 0 Å². The molecule has 0 aromatic heterocycles. The van der Waals surface area contributed by atoms with Gasteiger partial charge in [0, 0.05) is 5.92 Å². The van der Waals surface area contributed by atoms with Crippen LogP contribution >= 0.6 is 0 Å². The first kappa shape index (κ1) is 25.5. The van der Waals surface area contributed by atoms with Crippen molar-refractivity contribution in [2.75, 3.05) is 0 Å². The molecule has 0 nitrogen and oxygen atoms in total. The third-order valence-corrected chi connectivity index (χ3v) is 9.37. The second kappa shape index (κ2) is 10.2. The summed E-state index contributed by atoms with van der Waals surface area (Å²) in [5.41, 5.74) is 18.0. The molecule has 0 saturated carbocycles. The topological polar surface area (TPSA) is 0 Å². The van der Waals surface area contributed by atoms with E-state index < -0.39 is 0 Å². The Balaban J connectivity index is 1.68. The van der Waals surface area contributed by atoms with Gasteiger partial charge in [0.1, 0.15) is 0 Å². The van der Waals surface area contributed by atoms with Gasteiger partial charge in [-0.05, 0) is 116 Å². The van der Waals surface area contributed by atoms with Gasteiger partial charge >= 0.3 is 0 Å². The molecule has 0 N–H and O–H groups in total. The fourth-order valence-corrected chi connectivity index (χ4v) is 7.24. The van der Waals surface area contributed by atoms with Gasteiger partial charge in [-0.25, -0.2) is 0 Å². The number of benzene rings is 5. The van der Waals surface area contributed by atoms with Crippen molar-refractivity contribution in [3.8, 4) is 11.1 Å². The van der Waals surface area contributed by atoms with Crippen molar-refractivity contribution in [1.29, 1.82) is 0 Å². The quantitative estimate of drug-likeness (QED) is 0.210. The first-order valence-electron chi connectivity index (χ1n) is 15.0. The van der Waals surface area contributed by atoms with Gasteiger partial charge in [-0.3, -0.25) is 0 Å². The minimum absolute atomic E-state index is 0.249. The van der Waals surface area contributed by atoms with Crippen LogP contribution in [0.2, 0.25) is 0 Å². The van der Waals surface area contributed by atoms with Crippen LogP contribution in [-0.2, 0) is 12.8 Å². The zero-order chi connectivity index (χ0) is 28.1. The molecule has 7 rings (SSSR count). The van der Waals surface area contributed by atoms with Crippen molar-refractivity contribution < 1.29 is 0 Å². The van der Waals surface area contributed by atoms with E-state index in [1.807, 2.05) is 0 Å². The van der Waals surface area contributed by atoms with Gasteiger partial charge in [0.25, 0.3) is 0 Å². The lowest BCUT2D eigenvalue weighted by Crippen LogP contribution is -2.27. The molecule has 1 atom stereocenters. The van der Waals surface area contributed by atoms with E-state index in [0.717, 1.165) is 12.8 Å². The maximum atomic E-state index is 2.51. The highest BCUT2D eigenvalue weighted by Gasteiger charge is 2.32. The fourth-order valence-electron chi connectivity index (χ4n) is 7.24. The molecule has 2 aliphatic rings. The Kier molecular flexibility index (Phi) is 6.36. The Hall–Kier alpha value is -4.42. The summed E-state index contributed by atoms with van der Waals surface area (Å²) in [6.45, 7) is 9.25. The third-order valence-electron chi connectivity index (χ3n) is 9.37. The smallest absolute Gasteiger partial charge is 0.0317 e. The molecule has 0 heterocycles. The Morgan fingerprint density at radius 2 is 1.29 bits per heavy atom. The van der Waals surface area contributed by atoms with E-state index in [1.54, 1.807) is 0 Å². The largest absolute Gasteiger partial charge is 0.0622 e. The van der Waals surface area contributed by atoms with E-state index in [0.29, 0.717) is 0 Å². The van der Waals surface area contributed by atoms with E-state index in [1.165, 1.54) is 82.8 Å². The number of rotatable bonds is 5. The van der Waals surface area contributed by atoms with Crippen molar-refractivity contribution in [3.63, 3.8) is 0 Å². The predicted octanol–water partition coefficient (Wildman–Crippen LogP) is 8.81. The molecule has 5 aromatic carbocycles. The molecule has 0 radical (unpaired) electrons. The number of aryl methyl sites for hydroxylation is 1. The van der Waals surface area contributed by atoms with Crippen molar-refractivity contribution in [3.05, 3.63) is 170 Å². The maximum Gasteiger partial charge on any atom is 0.0317 e. The molecule has 0 bridgehead atoms. The van der Waals surface area contributed by atoms with Crippen LogP contribution in [-0.4, -0.2) is 0 Å². The summed E-state index contributed by atoms with van der Waals surface area (Å²) in [7, 11) is 0. The summed E-state index contributed by atoms with van der Waals surface area (Å²) in [5, 5.41) is 2.76. The number of hydrogen-bond acceptors (Lipinski definition) is 0. The molecule has 0 amide bonds. The molecule has 0 fully saturated rings. The van der Waals surface area contributed by atoms with Crippen molar-refractivity contribution >= 4 is 17.2 Å². The Labute approximate surface area is 244 Å². The van der Waals surface area contributed by atoms with Crippen LogP contribution in [0.5, 0.6) is 0 Å². The van der Waals surface area contributed by atoms with Crippen molar-refractivity contribution in [2.24, 2.45) is 0 Å². The molecular weight excluding hydrogens is 492 g/mol. The van der Waals surface area contributed by atoms with E-state index in [9.17, 15) is 0 Å². The lowest BCUT2D eigenvalue weighted by molar-refractivity contribution is 0.921. The number of allylic oxidation sites excluding steroid dienone is 2. The highest BCUT2D eigenvalue weighted by molar-refractivity contribution is 5.88. The van der Waals surface area contributed by atoms with E-state index in [-0.39, 0.29) is 5.92 Å². The van der Waals surface area contributed by atoms with Gasteiger partial charge in [-0.15, -0.1) is 0 Å². The molecular formula is C41H36. The lowest BCUT2D eigenvalue weighted by atomic mass is 9.80. The van der Waals surface area contributed by atoms with Crippen LogP contribution < -0.4 is 10.4 Å². The maximum absolute atomic E-state index is 2.51. The second-order valence-corrected chi connectivity index (χ2v) is 11.5. The van der Waals surface area contributed by atoms with Crippen LogP contribution in [0.15, 0.2) is 115 Å². The monoisotopic (exact) mass is 528 g/mol. The van der Waals surface area contributed by atoms with Crippen LogP contribution in [0.1, 0.15) is 78.1 Å². The minimum Gasteiger partial charge on any atom is -0.0622 e. The van der Waals surface area contributed by atoms with Gasteiger partial charge in [0.05, 0.1) is 0 Å². The Morgan fingerprint density at radius 3 is 1.95 bits per heavy atom. The standard InChI is InChI=1S/C41H36/c1-5-28-21-22-34-31(23-28)24-37-36(34)25-38(40(29-15-9-7-10-16-29)30-17-11-8-12-18-30)32(6-2)41(37)39-27(4)26(3)33-19-13-14-20-35(33)39/h7-25,39H,5-6H2,1-4H3. The fraction of sp³-hybridized carbons (Fsp3) is 0.171. The first-order chi connectivity index (χ1) is 20.1. The molecule has 2 aliphatic carbocycles. The SMILES string of the molecule is CCc1ccc2c(c1)C=c1c-2cc(=C(c2ccccc2)c2ccccc2)c(CC)c1C1C(C)=C(C)c2ccccc21. The van der Waals surface area contributed by atoms with Crippen LogP contribution in [0.4, 0.5) is 0 Å². The lowest BCUT2D eigenvalue weighted by Gasteiger charge is -2.23. The van der Waals surface area contributed by atoms with E-state index in [4.69, 9.17) is 0 Å². The summed E-state index contributed by atoms with van der Waals surface area (Å²) >= 11 is 0. The summed E-state index contributed by atoms with van der Waals surface area (Å²) in [5.74, 6) is 0.249. The summed E-state index contributed by atoms with van der Waals surface area (Å²) in [6.07, 6.45) is 4.50. The molecule has 5 aromatic rings. The average molecular weight is 529 g/mol. The highest BCUT2D eigenvalue weighted by atomic mass is 14.4. The van der Waals surface area contributed by atoms with E-state index in [2.05, 4.69) is 143 Å². The average Bonchev–Trinajstić information content (AvgIpc) is 3.51.